The van der Waals surface area contributed by atoms with Crippen LogP contribution < -0.4 is 10.6 Å². The van der Waals surface area contributed by atoms with Crippen LogP contribution >= 0.6 is 23.4 Å². The summed E-state index contributed by atoms with van der Waals surface area (Å²) in [6, 6.07) is 0. The molecule has 0 aliphatic heterocycles. The SMILES string of the molecule is CCNCCNCC.F[P-](F)(F)(F)(F)F.F[P-](F)(F)(F)(F)F.F[P-](F)(F)(F)(F)F.[Ir+3]. The quantitative estimate of drug-likeness (QED) is 0.167. The molecule has 200 valence electrons. The van der Waals surface area contributed by atoms with Crippen LogP contribution in [-0.4, -0.2) is 26.2 Å². The van der Waals surface area contributed by atoms with Crippen molar-refractivity contribution >= 4 is 23.4 Å². The maximum absolute atomic E-state index is 10.7. The van der Waals surface area contributed by atoms with Gasteiger partial charge in [-0.3, -0.25) is 0 Å². The van der Waals surface area contributed by atoms with Crippen molar-refractivity contribution in [2.75, 3.05) is 26.2 Å². The molecule has 0 saturated heterocycles. The molecule has 0 radical (unpaired) electrons. The van der Waals surface area contributed by atoms with Gasteiger partial charge in [-0.2, -0.15) is 0 Å². The first-order valence-corrected chi connectivity index (χ1v) is 12.5. The molecular weight excluding hydrogens is 727 g/mol. The van der Waals surface area contributed by atoms with E-state index in [0.717, 1.165) is 26.2 Å². The molecule has 2 N–H and O–H groups in total. The van der Waals surface area contributed by atoms with Crippen LogP contribution in [0.1, 0.15) is 13.8 Å². The summed E-state index contributed by atoms with van der Waals surface area (Å²) in [7, 11) is -32.0. The van der Waals surface area contributed by atoms with E-state index < -0.39 is 23.4 Å². The van der Waals surface area contributed by atoms with Gasteiger partial charge in [-0.15, -0.1) is 0 Å². The van der Waals surface area contributed by atoms with E-state index in [9.17, 15) is 75.5 Å². The molecule has 0 bridgehead atoms. The summed E-state index contributed by atoms with van der Waals surface area (Å²) in [6.07, 6.45) is 0. The van der Waals surface area contributed by atoms with Crippen molar-refractivity contribution in [2.24, 2.45) is 0 Å². The Morgan fingerprint density at radius 3 is 0.567 bits per heavy atom. The number of nitrogens with one attached hydrogen (secondary N) is 2. The Bertz CT molecular complexity index is 375. The summed E-state index contributed by atoms with van der Waals surface area (Å²) in [5.41, 5.74) is 0. The summed E-state index contributed by atoms with van der Waals surface area (Å²) >= 11 is 0. The number of rotatable bonds is 5. The minimum absolute atomic E-state index is 0. The van der Waals surface area contributed by atoms with E-state index in [1.807, 2.05) is 0 Å². The second-order valence-corrected chi connectivity index (χ2v) is 10.3. The summed E-state index contributed by atoms with van der Waals surface area (Å²) in [6.45, 7) is 8.56. The van der Waals surface area contributed by atoms with Gasteiger partial charge in [-0.05, 0) is 13.1 Å². The number of hydrogen-bond donors (Lipinski definition) is 2. The Morgan fingerprint density at radius 2 is 0.500 bits per heavy atom. The van der Waals surface area contributed by atoms with Gasteiger partial charge in [0.2, 0.25) is 0 Å². The minimum Gasteiger partial charge on any atom is 3.00 e. The zero-order valence-corrected chi connectivity index (χ0v) is 19.4. The second-order valence-electron chi connectivity index (χ2n) is 4.58. The summed E-state index contributed by atoms with van der Waals surface area (Å²) in [5, 5.41) is 6.44. The van der Waals surface area contributed by atoms with E-state index >= 15 is 0 Å². The summed E-state index contributed by atoms with van der Waals surface area (Å²) in [5.74, 6) is 0. The Balaban J connectivity index is -0.0000000917. The van der Waals surface area contributed by atoms with Crippen LogP contribution in [0, 0.1) is 0 Å². The second kappa shape index (κ2) is 9.09. The molecule has 0 spiro atoms. The molecule has 0 aromatic heterocycles. The van der Waals surface area contributed by atoms with Crippen LogP contribution in [0.5, 0.6) is 0 Å². The fourth-order valence-electron chi connectivity index (χ4n) is 0.530. The predicted molar refractivity (Wildman–Crippen MR) is 77.8 cm³/mol. The van der Waals surface area contributed by atoms with Gasteiger partial charge in [0.05, 0.1) is 0 Å². The number of likely N-dealkylation sites (N-methyl/N-ethyl adjacent to an activating group) is 2. The third-order valence-electron chi connectivity index (χ3n) is 0.979. The molecule has 0 aliphatic rings. The van der Waals surface area contributed by atoms with Crippen molar-refractivity contribution in [3.8, 4) is 0 Å². The Hall–Kier alpha value is 0.599. The van der Waals surface area contributed by atoms with E-state index in [4.69, 9.17) is 0 Å². The van der Waals surface area contributed by atoms with Crippen molar-refractivity contribution in [3.05, 3.63) is 0 Å². The van der Waals surface area contributed by atoms with E-state index in [-0.39, 0.29) is 20.1 Å². The van der Waals surface area contributed by atoms with Gasteiger partial charge in [0.25, 0.3) is 0 Å². The molecule has 0 aromatic carbocycles. The Morgan fingerprint density at radius 1 is 0.400 bits per heavy atom. The smallest absolute Gasteiger partial charge is 3.00 e. The Labute approximate surface area is 170 Å². The van der Waals surface area contributed by atoms with E-state index in [0.29, 0.717) is 0 Å². The molecule has 0 fully saturated rings. The van der Waals surface area contributed by atoms with E-state index in [2.05, 4.69) is 24.5 Å². The van der Waals surface area contributed by atoms with Crippen LogP contribution in [0.25, 0.3) is 0 Å². The maximum atomic E-state index is 9.87. The average Bonchev–Trinajstić information content (AvgIpc) is 2.10. The monoisotopic (exact) mass is 744 g/mol. The molecule has 0 rings (SSSR count). The molecule has 0 unspecified atom stereocenters. The normalized spacial score (nSPS) is 18.8. The zero-order chi connectivity index (χ0) is 25.5. The third-order valence-corrected chi connectivity index (χ3v) is 0.979. The third kappa shape index (κ3) is 695. The molecule has 30 heavy (non-hydrogen) atoms. The van der Waals surface area contributed by atoms with Gasteiger partial charge in [0.15, 0.2) is 0 Å². The van der Waals surface area contributed by atoms with Crippen molar-refractivity contribution in [3.63, 3.8) is 0 Å². The number of hydrogen-bond acceptors (Lipinski definition) is 2. The fraction of sp³-hybridized carbons (Fsp3) is 1.00. The molecule has 24 heteroatoms. The molecule has 0 amide bonds. The largest absolute Gasteiger partial charge is 3.00 e. The number of halogens is 18. The predicted octanol–water partition coefficient (Wildman–Crippen LogP) is 10.4. The van der Waals surface area contributed by atoms with Crippen LogP contribution in [0.2, 0.25) is 0 Å². The first kappa shape index (κ1) is 40.9. The van der Waals surface area contributed by atoms with Crippen LogP contribution in [0.3, 0.4) is 0 Å². The van der Waals surface area contributed by atoms with Gasteiger partial charge in [-0.1, -0.05) is 13.8 Å². The molecule has 0 aromatic rings. The minimum atomic E-state index is -10.7. The van der Waals surface area contributed by atoms with E-state index in [1.54, 1.807) is 0 Å². The van der Waals surface area contributed by atoms with E-state index in [1.165, 1.54) is 0 Å². The molecule has 0 heterocycles. The molecule has 0 aliphatic carbocycles. The molecular formula is C6H16F18IrN2P3. The average molecular weight is 743 g/mol. The topological polar surface area (TPSA) is 24.1 Å². The van der Waals surface area contributed by atoms with Crippen molar-refractivity contribution < 1.29 is 95.6 Å². The maximum Gasteiger partial charge on any atom is 3.00 e. The van der Waals surface area contributed by atoms with Crippen LogP contribution in [-0.2, 0) is 20.1 Å². The Kier molecular flexibility index (Phi) is 12.4. The van der Waals surface area contributed by atoms with Gasteiger partial charge < -0.3 is 10.6 Å². The zero-order valence-electron chi connectivity index (χ0n) is 14.3. The van der Waals surface area contributed by atoms with Gasteiger partial charge in [-0.25, -0.2) is 0 Å². The van der Waals surface area contributed by atoms with Gasteiger partial charge >= 0.3 is 119 Å². The van der Waals surface area contributed by atoms with Gasteiger partial charge in [0.1, 0.15) is 0 Å². The first-order valence-electron chi connectivity index (χ1n) is 6.37. The van der Waals surface area contributed by atoms with Crippen molar-refractivity contribution in [2.45, 2.75) is 13.8 Å². The van der Waals surface area contributed by atoms with Crippen LogP contribution in [0.15, 0.2) is 0 Å². The van der Waals surface area contributed by atoms with Crippen molar-refractivity contribution in [1.29, 1.82) is 0 Å². The van der Waals surface area contributed by atoms with Crippen LogP contribution in [0.4, 0.5) is 75.5 Å². The summed E-state index contributed by atoms with van der Waals surface area (Å²) < 4.78 is 178. The van der Waals surface area contributed by atoms with Gasteiger partial charge in [0, 0.05) is 13.1 Å². The standard InChI is InChI=1S/C6H16N2.3F6P.Ir/c1-3-7-5-6-8-4-2;3*1-7(2,3,4,5)6;/h7-8H,3-6H2,1-2H3;;;;/q;3*-1;+3. The molecule has 0 atom stereocenters. The fourth-order valence-corrected chi connectivity index (χ4v) is 0.530. The molecule has 2 nitrogen and oxygen atoms in total. The van der Waals surface area contributed by atoms with Crippen molar-refractivity contribution in [1.82, 2.24) is 10.6 Å². The summed E-state index contributed by atoms with van der Waals surface area (Å²) in [4.78, 5) is 0. The molecule has 0 saturated carbocycles. The first-order chi connectivity index (χ1) is 11.3.